The molecule has 1 heterocycles. The number of imidazole rings is 1. The lowest BCUT2D eigenvalue weighted by Gasteiger charge is -2.15. The maximum Gasteiger partial charge on any atom is 0.434 e. The van der Waals surface area contributed by atoms with E-state index in [0.717, 1.165) is 11.9 Å². The molecule has 0 atom stereocenters. The van der Waals surface area contributed by atoms with Crippen LogP contribution in [0.3, 0.4) is 0 Å². The Kier molecular flexibility index (Phi) is 5.96. The first kappa shape index (κ1) is 20.2. The monoisotopic (exact) mass is 427 g/mol. The molecular weight excluding hydrogens is 414 g/mol. The first-order valence-corrected chi connectivity index (χ1v) is 8.95. The molecule has 1 aromatic heterocycles. The van der Waals surface area contributed by atoms with Gasteiger partial charge in [-0.3, -0.25) is 9.36 Å². The van der Waals surface area contributed by atoms with Crippen LogP contribution in [0.25, 0.3) is 5.69 Å². The molecule has 0 bridgehead atoms. The number of benzene rings is 2. The summed E-state index contributed by atoms with van der Waals surface area (Å²) in [5.41, 5.74) is -1.11. The van der Waals surface area contributed by atoms with Crippen LogP contribution in [0.4, 0.5) is 13.2 Å². The van der Waals surface area contributed by atoms with Gasteiger partial charge in [0.2, 0.25) is 0 Å². The molecule has 9 heteroatoms. The molecule has 28 heavy (non-hydrogen) atoms. The smallest absolute Gasteiger partial charge is 0.350 e. The van der Waals surface area contributed by atoms with Gasteiger partial charge in [-0.2, -0.15) is 13.2 Å². The standard InChI is InChI=1S/C19H14Cl2F3N3O/c20-13-7-4-8-14(21)16(13)27-11-26-15(17(27)19(22,23)24)18(28)25-10-9-12-5-2-1-3-6-12/h1-8,11H,9-10H2,(H,25,28). The van der Waals surface area contributed by atoms with Gasteiger partial charge in [0.05, 0.1) is 15.7 Å². The summed E-state index contributed by atoms with van der Waals surface area (Å²) in [7, 11) is 0. The van der Waals surface area contributed by atoms with Crippen molar-refractivity contribution in [1.82, 2.24) is 14.9 Å². The number of hydrogen-bond donors (Lipinski definition) is 1. The number of halogens is 5. The molecule has 146 valence electrons. The fourth-order valence-corrected chi connectivity index (χ4v) is 3.30. The molecule has 0 radical (unpaired) electrons. The number of alkyl halides is 3. The minimum Gasteiger partial charge on any atom is -0.350 e. The van der Waals surface area contributed by atoms with Gasteiger partial charge in [-0.05, 0) is 24.1 Å². The van der Waals surface area contributed by atoms with Crippen LogP contribution in [0.2, 0.25) is 10.0 Å². The number of nitrogens with zero attached hydrogens (tertiary/aromatic N) is 2. The van der Waals surface area contributed by atoms with Crippen LogP contribution in [-0.2, 0) is 12.6 Å². The van der Waals surface area contributed by atoms with Gasteiger partial charge in [-0.1, -0.05) is 59.6 Å². The summed E-state index contributed by atoms with van der Waals surface area (Å²) in [6.45, 7) is 0.167. The third kappa shape index (κ3) is 4.31. The third-order valence-electron chi connectivity index (χ3n) is 3.97. The van der Waals surface area contributed by atoms with E-state index in [1.54, 1.807) is 0 Å². The van der Waals surface area contributed by atoms with Crippen molar-refractivity contribution in [2.45, 2.75) is 12.6 Å². The van der Waals surface area contributed by atoms with E-state index in [1.165, 1.54) is 18.2 Å². The van der Waals surface area contributed by atoms with Crippen LogP contribution in [0.1, 0.15) is 21.7 Å². The lowest BCUT2D eigenvalue weighted by atomic mass is 10.1. The van der Waals surface area contributed by atoms with Crippen LogP contribution in [0, 0.1) is 0 Å². The zero-order valence-corrected chi connectivity index (χ0v) is 15.8. The zero-order valence-electron chi connectivity index (χ0n) is 14.3. The number of carbonyl (C=O) groups is 1. The van der Waals surface area contributed by atoms with Crippen LogP contribution in [0.15, 0.2) is 54.9 Å². The molecule has 0 saturated heterocycles. The predicted molar refractivity (Wildman–Crippen MR) is 101 cm³/mol. The van der Waals surface area contributed by atoms with Crippen molar-refractivity contribution in [2.24, 2.45) is 0 Å². The molecule has 0 spiro atoms. The second-order valence-corrected chi connectivity index (χ2v) is 6.69. The fourth-order valence-electron chi connectivity index (χ4n) is 2.72. The Bertz CT molecular complexity index is 968. The largest absolute Gasteiger partial charge is 0.434 e. The van der Waals surface area contributed by atoms with Crippen molar-refractivity contribution in [2.75, 3.05) is 6.54 Å². The molecule has 0 fully saturated rings. The lowest BCUT2D eigenvalue weighted by molar-refractivity contribution is -0.142. The summed E-state index contributed by atoms with van der Waals surface area (Å²) in [6, 6.07) is 13.6. The first-order valence-electron chi connectivity index (χ1n) is 8.20. The fraction of sp³-hybridized carbons (Fsp3) is 0.158. The molecule has 3 aromatic rings. The molecule has 0 aliphatic heterocycles. The minimum atomic E-state index is -4.84. The molecule has 3 rings (SSSR count). The summed E-state index contributed by atoms with van der Waals surface area (Å²) >= 11 is 12.1. The van der Waals surface area contributed by atoms with Gasteiger partial charge in [0.25, 0.3) is 5.91 Å². The van der Waals surface area contributed by atoms with Gasteiger partial charge in [-0.15, -0.1) is 0 Å². The van der Waals surface area contributed by atoms with Crippen molar-refractivity contribution < 1.29 is 18.0 Å². The molecule has 4 nitrogen and oxygen atoms in total. The molecule has 0 saturated carbocycles. The van der Waals surface area contributed by atoms with E-state index in [4.69, 9.17) is 23.2 Å². The third-order valence-corrected chi connectivity index (χ3v) is 4.58. The van der Waals surface area contributed by atoms with E-state index >= 15 is 0 Å². The second kappa shape index (κ2) is 8.24. The Morgan fingerprint density at radius 2 is 1.68 bits per heavy atom. The molecule has 2 aromatic carbocycles. The average Bonchev–Trinajstić information content (AvgIpc) is 3.08. The van der Waals surface area contributed by atoms with Crippen molar-refractivity contribution in [3.8, 4) is 5.69 Å². The summed E-state index contributed by atoms with van der Waals surface area (Å²) in [4.78, 5) is 16.0. The average molecular weight is 428 g/mol. The van der Waals surface area contributed by atoms with Gasteiger partial charge in [0.1, 0.15) is 6.33 Å². The summed E-state index contributed by atoms with van der Waals surface area (Å²) in [6.07, 6.45) is -3.47. The molecule has 0 aliphatic carbocycles. The van der Waals surface area contributed by atoms with E-state index in [0.29, 0.717) is 11.0 Å². The number of hydrogen-bond acceptors (Lipinski definition) is 2. The van der Waals surface area contributed by atoms with Gasteiger partial charge >= 0.3 is 6.18 Å². The SMILES string of the molecule is O=C(NCCc1ccccc1)c1ncn(-c2c(Cl)cccc2Cl)c1C(F)(F)F. The quantitative estimate of drug-likeness (QED) is 0.610. The number of nitrogens with one attached hydrogen (secondary N) is 1. The van der Waals surface area contributed by atoms with E-state index in [2.05, 4.69) is 10.3 Å². The van der Waals surface area contributed by atoms with Crippen LogP contribution < -0.4 is 5.32 Å². The van der Waals surface area contributed by atoms with Crippen LogP contribution in [-0.4, -0.2) is 22.0 Å². The predicted octanol–water partition coefficient (Wildman–Crippen LogP) is 5.17. The first-order chi connectivity index (χ1) is 13.3. The maximum atomic E-state index is 13.7. The van der Waals surface area contributed by atoms with E-state index in [-0.39, 0.29) is 22.3 Å². The van der Waals surface area contributed by atoms with Crippen LogP contribution >= 0.6 is 23.2 Å². The normalized spacial score (nSPS) is 11.5. The molecular formula is C19H14Cl2F3N3O. The van der Waals surface area contributed by atoms with Crippen molar-refractivity contribution in [3.63, 3.8) is 0 Å². The second-order valence-electron chi connectivity index (χ2n) is 5.87. The molecule has 0 aliphatic rings. The topological polar surface area (TPSA) is 46.9 Å². The zero-order chi connectivity index (χ0) is 20.3. The van der Waals surface area contributed by atoms with Gasteiger partial charge in [0, 0.05) is 6.54 Å². The highest BCUT2D eigenvalue weighted by Gasteiger charge is 2.41. The highest BCUT2D eigenvalue weighted by molar-refractivity contribution is 6.37. The Hall–Kier alpha value is -2.51. The Morgan fingerprint density at radius 3 is 2.29 bits per heavy atom. The number of amides is 1. The Morgan fingerprint density at radius 1 is 1.04 bits per heavy atom. The van der Waals surface area contributed by atoms with E-state index in [9.17, 15) is 18.0 Å². The summed E-state index contributed by atoms with van der Waals surface area (Å²) in [5, 5.41) is 2.49. The van der Waals surface area contributed by atoms with E-state index < -0.39 is 23.5 Å². The van der Waals surface area contributed by atoms with E-state index in [1.807, 2.05) is 30.3 Å². The lowest BCUT2D eigenvalue weighted by Crippen LogP contribution is -2.29. The highest BCUT2D eigenvalue weighted by Crippen LogP contribution is 2.37. The Labute approximate surface area is 168 Å². The summed E-state index contributed by atoms with van der Waals surface area (Å²) < 4.78 is 41.8. The van der Waals surface area contributed by atoms with Crippen LogP contribution in [0.5, 0.6) is 0 Å². The number of rotatable bonds is 5. The van der Waals surface area contributed by atoms with Crippen molar-refractivity contribution >= 4 is 29.1 Å². The molecule has 0 unspecified atom stereocenters. The van der Waals surface area contributed by atoms with Gasteiger partial charge < -0.3 is 5.32 Å². The molecule has 1 amide bonds. The van der Waals surface area contributed by atoms with Gasteiger partial charge in [0.15, 0.2) is 11.4 Å². The van der Waals surface area contributed by atoms with Crippen molar-refractivity contribution in [1.29, 1.82) is 0 Å². The molecule has 1 N–H and O–H groups in total. The maximum absolute atomic E-state index is 13.7. The Balaban J connectivity index is 1.89. The van der Waals surface area contributed by atoms with Crippen molar-refractivity contribution in [3.05, 3.63) is 81.9 Å². The van der Waals surface area contributed by atoms with Gasteiger partial charge in [-0.25, -0.2) is 4.98 Å². The number of para-hydroxylation sites is 1. The summed E-state index contributed by atoms with van der Waals surface area (Å²) in [5.74, 6) is -0.926. The highest BCUT2D eigenvalue weighted by atomic mass is 35.5. The number of aromatic nitrogens is 2. The minimum absolute atomic E-state index is 0.00596. The number of carbonyl (C=O) groups excluding carboxylic acids is 1.